The van der Waals surface area contributed by atoms with Crippen molar-refractivity contribution in [3.63, 3.8) is 0 Å². The third-order valence-corrected chi connectivity index (χ3v) is 5.33. The summed E-state index contributed by atoms with van der Waals surface area (Å²) >= 11 is 9.60. The highest BCUT2D eigenvalue weighted by molar-refractivity contribution is 7.98. The van der Waals surface area contributed by atoms with Gasteiger partial charge in [-0.2, -0.15) is 0 Å². The van der Waals surface area contributed by atoms with E-state index in [1.165, 1.54) is 20.5 Å². The molecule has 2 nitrogen and oxygen atoms in total. The van der Waals surface area contributed by atoms with Gasteiger partial charge in [0.15, 0.2) is 0 Å². The number of nitrogens with one attached hydrogen (secondary N) is 1. The summed E-state index contributed by atoms with van der Waals surface area (Å²) in [5, 5.41) is 5.39. The zero-order valence-electron chi connectivity index (χ0n) is 9.78. The Bertz CT molecular complexity index is 530. The molecule has 1 aliphatic rings. The molecule has 2 heterocycles. The molecule has 0 spiro atoms. The molecular weight excluding hydrogens is 284 g/mol. The molecule has 1 aromatic carbocycles. The molecule has 1 aromatic heterocycles. The van der Waals surface area contributed by atoms with E-state index in [4.69, 9.17) is 16.6 Å². The highest BCUT2D eigenvalue weighted by Crippen LogP contribution is 2.29. The molecule has 1 N–H and O–H groups in total. The molecule has 0 atom stereocenters. The smallest absolute Gasteiger partial charge is 0.103 e. The molecule has 0 amide bonds. The number of thiazole rings is 1. The quantitative estimate of drug-likeness (QED) is 0.874. The van der Waals surface area contributed by atoms with Gasteiger partial charge in [-0.15, -0.1) is 23.1 Å². The van der Waals surface area contributed by atoms with E-state index >= 15 is 0 Å². The van der Waals surface area contributed by atoms with Gasteiger partial charge >= 0.3 is 0 Å². The summed E-state index contributed by atoms with van der Waals surface area (Å²) in [5.74, 6) is 0.929. The average molecular weight is 297 g/mol. The Morgan fingerprint density at radius 2 is 2.39 bits per heavy atom. The molecule has 94 valence electrons. The Labute approximate surface area is 120 Å². The third-order valence-electron chi connectivity index (χ3n) is 2.81. The molecule has 0 saturated heterocycles. The highest BCUT2D eigenvalue weighted by Gasteiger charge is 2.14. The van der Waals surface area contributed by atoms with Gasteiger partial charge in [0.05, 0.1) is 11.4 Å². The van der Waals surface area contributed by atoms with E-state index in [2.05, 4.69) is 11.4 Å². The van der Waals surface area contributed by atoms with Crippen LogP contribution in [0, 0.1) is 0 Å². The predicted octanol–water partition coefficient (Wildman–Crippen LogP) is 3.73. The lowest BCUT2D eigenvalue weighted by molar-refractivity contribution is 0.643. The minimum Gasteiger partial charge on any atom is -0.311 e. The Morgan fingerprint density at radius 3 is 3.22 bits per heavy atom. The van der Waals surface area contributed by atoms with Gasteiger partial charge in [-0.1, -0.05) is 17.7 Å². The lowest BCUT2D eigenvalue weighted by Crippen LogP contribution is -2.22. The minimum absolute atomic E-state index is 0.794. The van der Waals surface area contributed by atoms with Gasteiger partial charge in [-0.25, -0.2) is 4.98 Å². The molecular formula is C13H13ClN2S2. The van der Waals surface area contributed by atoms with E-state index in [0.717, 1.165) is 30.3 Å². The van der Waals surface area contributed by atoms with Crippen molar-refractivity contribution in [1.29, 1.82) is 0 Å². The first kappa shape index (κ1) is 12.5. The van der Waals surface area contributed by atoms with Crippen LogP contribution < -0.4 is 5.32 Å². The van der Waals surface area contributed by atoms with Crippen LogP contribution in [0.5, 0.6) is 0 Å². The van der Waals surface area contributed by atoms with Crippen LogP contribution in [-0.2, 0) is 18.7 Å². The Morgan fingerprint density at radius 1 is 1.44 bits per heavy atom. The number of hydrogen-bond acceptors (Lipinski definition) is 4. The van der Waals surface area contributed by atoms with E-state index in [1.807, 2.05) is 29.5 Å². The maximum absolute atomic E-state index is 5.97. The highest BCUT2D eigenvalue weighted by atomic mass is 35.5. The van der Waals surface area contributed by atoms with Crippen molar-refractivity contribution in [1.82, 2.24) is 10.3 Å². The van der Waals surface area contributed by atoms with E-state index < -0.39 is 0 Å². The van der Waals surface area contributed by atoms with Crippen molar-refractivity contribution in [2.24, 2.45) is 0 Å². The van der Waals surface area contributed by atoms with Gasteiger partial charge in [0.1, 0.15) is 5.01 Å². The molecule has 0 bridgehead atoms. The van der Waals surface area contributed by atoms with E-state index in [0.29, 0.717) is 0 Å². The molecule has 5 heteroatoms. The summed E-state index contributed by atoms with van der Waals surface area (Å²) in [5.41, 5.74) is 1.29. The van der Waals surface area contributed by atoms with Crippen molar-refractivity contribution in [2.45, 2.75) is 23.6 Å². The number of halogens is 1. The molecule has 0 radical (unpaired) electrons. The lowest BCUT2D eigenvalue weighted by Gasteiger charge is -2.09. The van der Waals surface area contributed by atoms with Gasteiger partial charge in [-0.05, 0) is 18.2 Å². The summed E-state index contributed by atoms with van der Waals surface area (Å²) in [4.78, 5) is 7.32. The lowest BCUT2D eigenvalue weighted by atomic mass is 10.2. The Kier molecular flexibility index (Phi) is 3.89. The van der Waals surface area contributed by atoms with Crippen LogP contribution in [0.1, 0.15) is 15.6 Å². The fourth-order valence-corrected chi connectivity index (χ4v) is 4.23. The molecule has 0 aliphatic carbocycles. The molecule has 0 unspecified atom stereocenters. The first-order valence-electron chi connectivity index (χ1n) is 5.88. The molecule has 0 fully saturated rings. The van der Waals surface area contributed by atoms with Gasteiger partial charge in [0.25, 0.3) is 0 Å². The van der Waals surface area contributed by atoms with Gasteiger partial charge in [0.2, 0.25) is 0 Å². The molecule has 0 saturated carbocycles. The maximum atomic E-state index is 5.97. The van der Waals surface area contributed by atoms with Crippen molar-refractivity contribution in [2.75, 3.05) is 6.54 Å². The summed E-state index contributed by atoms with van der Waals surface area (Å²) in [7, 11) is 0. The predicted molar refractivity (Wildman–Crippen MR) is 78.5 cm³/mol. The first-order chi connectivity index (χ1) is 8.81. The number of rotatable bonds is 3. The van der Waals surface area contributed by atoms with Crippen molar-refractivity contribution >= 4 is 34.7 Å². The number of hydrogen-bond donors (Lipinski definition) is 1. The van der Waals surface area contributed by atoms with Crippen LogP contribution in [0.2, 0.25) is 5.02 Å². The zero-order chi connectivity index (χ0) is 12.4. The van der Waals surface area contributed by atoms with Crippen molar-refractivity contribution < 1.29 is 0 Å². The van der Waals surface area contributed by atoms with Crippen LogP contribution in [0.25, 0.3) is 0 Å². The number of thioether (sulfide) groups is 1. The average Bonchev–Trinajstić information content (AvgIpc) is 2.79. The second kappa shape index (κ2) is 5.61. The monoisotopic (exact) mass is 296 g/mol. The minimum atomic E-state index is 0.794. The topological polar surface area (TPSA) is 24.9 Å². The number of aromatic nitrogens is 1. The van der Waals surface area contributed by atoms with Gasteiger partial charge < -0.3 is 5.32 Å². The van der Waals surface area contributed by atoms with Gasteiger partial charge in [0, 0.05) is 34.3 Å². The molecule has 1 aliphatic heterocycles. The summed E-state index contributed by atoms with van der Waals surface area (Å²) < 4.78 is 0. The number of benzene rings is 1. The van der Waals surface area contributed by atoms with Crippen molar-refractivity contribution in [3.8, 4) is 0 Å². The van der Waals surface area contributed by atoms with E-state index in [1.54, 1.807) is 11.8 Å². The third kappa shape index (κ3) is 2.88. The standard InChI is InChI=1S/C13H13ClN2S2/c14-9-2-1-3-10(6-9)17-8-13-16-11-4-5-15-7-12(11)18-13/h1-3,6,15H,4-5,7-8H2. The SMILES string of the molecule is Clc1cccc(SCc2nc3c(s2)CNCC3)c1. The van der Waals surface area contributed by atoms with E-state index in [-0.39, 0.29) is 0 Å². The van der Waals surface area contributed by atoms with Crippen LogP contribution in [0.15, 0.2) is 29.2 Å². The van der Waals surface area contributed by atoms with Crippen LogP contribution in [0.4, 0.5) is 0 Å². The Balaban J connectivity index is 1.68. The molecule has 3 rings (SSSR count). The summed E-state index contributed by atoms with van der Waals surface area (Å²) in [6.45, 7) is 2.03. The second-order valence-electron chi connectivity index (χ2n) is 4.15. The zero-order valence-corrected chi connectivity index (χ0v) is 12.2. The summed E-state index contributed by atoms with van der Waals surface area (Å²) in [6.07, 6.45) is 1.06. The molecule has 2 aromatic rings. The maximum Gasteiger partial charge on any atom is 0.103 e. The number of nitrogens with zero attached hydrogens (tertiary/aromatic N) is 1. The Hall–Kier alpha value is -0.550. The van der Waals surface area contributed by atoms with Crippen LogP contribution in [0.3, 0.4) is 0 Å². The number of fused-ring (bicyclic) bond motifs is 1. The normalized spacial score (nSPS) is 14.5. The first-order valence-corrected chi connectivity index (χ1v) is 8.06. The molecule has 18 heavy (non-hydrogen) atoms. The fourth-order valence-electron chi connectivity index (χ4n) is 1.94. The van der Waals surface area contributed by atoms with Crippen molar-refractivity contribution in [3.05, 3.63) is 44.9 Å². The largest absolute Gasteiger partial charge is 0.311 e. The van der Waals surface area contributed by atoms with Crippen LogP contribution in [-0.4, -0.2) is 11.5 Å². The summed E-state index contributed by atoms with van der Waals surface area (Å²) in [6, 6.07) is 7.98. The fraction of sp³-hybridized carbons (Fsp3) is 0.308. The van der Waals surface area contributed by atoms with Crippen LogP contribution >= 0.6 is 34.7 Å². The van der Waals surface area contributed by atoms with Gasteiger partial charge in [-0.3, -0.25) is 0 Å². The second-order valence-corrected chi connectivity index (χ2v) is 6.80. The van der Waals surface area contributed by atoms with E-state index in [9.17, 15) is 0 Å².